The first kappa shape index (κ1) is 21.9. The van der Waals surface area contributed by atoms with Crippen molar-refractivity contribution in [3.05, 3.63) is 56.8 Å². The summed E-state index contributed by atoms with van der Waals surface area (Å²) in [7, 11) is 1.57. The number of nitrogens with one attached hydrogen (secondary N) is 1. The molecular weight excluding hydrogens is 441 g/mol. The molecule has 0 radical (unpaired) electrons. The fraction of sp³-hybridized carbons (Fsp3) is 0.368. The minimum atomic E-state index is -0.386. The number of ether oxygens (including phenoxy) is 3. The SMILES string of the molecule is COc1cc(CNCCOCCO)c(Br)cc1OCc1ccc(F)cc1Cl. The molecule has 0 amide bonds. The average Bonchev–Trinajstić information content (AvgIpc) is 2.65. The van der Waals surface area contributed by atoms with Gasteiger partial charge in [-0.1, -0.05) is 33.6 Å². The monoisotopic (exact) mass is 461 g/mol. The maximum absolute atomic E-state index is 13.1. The van der Waals surface area contributed by atoms with Crippen molar-refractivity contribution in [1.29, 1.82) is 0 Å². The van der Waals surface area contributed by atoms with Crippen LogP contribution in [-0.2, 0) is 17.9 Å². The molecule has 8 heteroatoms. The summed E-state index contributed by atoms with van der Waals surface area (Å²) in [4.78, 5) is 0. The Balaban J connectivity index is 1.98. The third-order valence-corrected chi connectivity index (χ3v) is 4.80. The van der Waals surface area contributed by atoms with Gasteiger partial charge < -0.3 is 24.6 Å². The van der Waals surface area contributed by atoms with Crippen molar-refractivity contribution >= 4 is 27.5 Å². The normalized spacial score (nSPS) is 10.9. The molecule has 2 N–H and O–H groups in total. The number of rotatable bonds is 11. The molecule has 0 aliphatic carbocycles. The van der Waals surface area contributed by atoms with Gasteiger partial charge in [0.1, 0.15) is 12.4 Å². The molecule has 0 aliphatic heterocycles. The number of halogens is 3. The number of benzene rings is 2. The molecule has 2 aromatic carbocycles. The highest BCUT2D eigenvalue weighted by Crippen LogP contribution is 2.34. The summed E-state index contributed by atoms with van der Waals surface area (Å²) in [5.74, 6) is 0.757. The summed E-state index contributed by atoms with van der Waals surface area (Å²) in [6.45, 7) is 2.35. The van der Waals surface area contributed by atoms with E-state index >= 15 is 0 Å². The topological polar surface area (TPSA) is 60.0 Å². The van der Waals surface area contributed by atoms with E-state index in [2.05, 4.69) is 21.2 Å². The van der Waals surface area contributed by atoms with Crippen LogP contribution in [0.4, 0.5) is 4.39 Å². The van der Waals surface area contributed by atoms with Gasteiger partial charge in [-0.25, -0.2) is 4.39 Å². The summed E-state index contributed by atoms with van der Waals surface area (Å²) >= 11 is 9.57. The molecule has 0 atom stereocenters. The third-order valence-electron chi connectivity index (χ3n) is 3.71. The molecule has 0 spiro atoms. The van der Waals surface area contributed by atoms with E-state index in [0.29, 0.717) is 48.4 Å². The van der Waals surface area contributed by atoms with Gasteiger partial charge in [-0.15, -0.1) is 0 Å². The first-order valence-corrected chi connectivity index (χ1v) is 9.54. The summed E-state index contributed by atoms with van der Waals surface area (Å²) in [6.07, 6.45) is 0. The predicted octanol–water partition coefficient (Wildman–Crippen LogP) is 3.93. The van der Waals surface area contributed by atoms with Crippen LogP contribution in [0.25, 0.3) is 0 Å². The van der Waals surface area contributed by atoms with Gasteiger partial charge in [0.15, 0.2) is 11.5 Å². The van der Waals surface area contributed by atoms with Crippen LogP contribution in [0, 0.1) is 5.82 Å². The van der Waals surface area contributed by atoms with Crippen LogP contribution in [0.1, 0.15) is 11.1 Å². The van der Waals surface area contributed by atoms with E-state index < -0.39 is 0 Å². The first-order chi connectivity index (χ1) is 13.0. The summed E-state index contributed by atoms with van der Waals surface area (Å²) in [5, 5.41) is 12.2. The molecule has 5 nitrogen and oxygen atoms in total. The van der Waals surface area contributed by atoms with Crippen LogP contribution in [0.15, 0.2) is 34.8 Å². The Labute approximate surface area is 171 Å². The van der Waals surface area contributed by atoms with E-state index in [1.165, 1.54) is 12.1 Å². The number of aliphatic hydroxyl groups is 1. The van der Waals surface area contributed by atoms with Crippen LogP contribution in [0.3, 0.4) is 0 Å². The van der Waals surface area contributed by atoms with Gasteiger partial charge in [0.05, 0.1) is 32.0 Å². The van der Waals surface area contributed by atoms with Gasteiger partial charge in [-0.2, -0.15) is 0 Å². The highest BCUT2D eigenvalue weighted by molar-refractivity contribution is 9.10. The van der Waals surface area contributed by atoms with E-state index in [1.54, 1.807) is 13.2 Å². The van der Waals surface area contributed by atoms with Gasteiger partial charge in [0.2, 0.25) is 0 Å². The van der Waals surface area contributed by atoms with Crippen LogP contribution in [-0.4, -0.2) is 38.6 Å². The number of hydrogen-bond acceptors (Lipinski definition) is 5. The molecular formula is C19H22BrClFNO4. The Morgan fingerprint density at radius 3 is 2.67 bits per heavy atom. The Bertz CT molecular complexity index is 748. The van der Waals surface area contributed by atoms with Crippen molar-refractivity contribution in [2.45, 2.75) is 13.2 Å². The molecule has 0 fully saturated rings. The van der Waals surface area contributed by atoms with E-state index in [4.69, 9.17) is 30.9 Å². The average molecular weight is 463 g/mol. The van der Waals surface area contributed by atoms with Crippen molar-refractivity contribution in [3.8, 4) is 11.5 Å². The third kappa shape index (κ3) is 6.93. The van der Waals surface area contributed by atoms with Gasteiger partial charge in [-0.3, -0.25) is 0 Å². The second-order valence-corrected chi connectivity index (χ2v) is 6.89. The highest BCUT2D eigenvalue weighted by Gasteiger charge is 2.12. The van der Waals surface area contributed by atoms with Crippen LogP contribution in [0.5, 0.6) is 11.5 Å². The van der Waals surface area contributed by atoms with E-state index in [1.807, 2.05) is 12.1 Å². The molecule has 0 aliphatic rings. The molecule has 0 bridgehead atoms. The zero-order valence-electron chi connectivity index (χ0n) is 14.9. The fourth-order valence-corrected chi connectivity index (χ4v) is 3.00. The Morgan fingerprint density at radius 1 is 1.15 bits per heavy atom. The van der Waals surface area contributed by atoms with E-state index in [9.17, 15) is 4.39 Å². The quantitative estimate of drug-likeness (QED) is 0.496. The van der Waals surface area contributed by atoms with Crippen molar-refractivity contribution < 1.29 is 23.7 Å². The molecule has 0 aromatic heterocycles. The summed E-state index contributed by atoms with van der Waals surface area (Å²) in [5.41, 5.74) is 1.69. The maximum Gasteiger partial charge on any atom is 0.162 e. The van der Waals surface area contributed by atoms with Crippen molar-refractivity contribution in [3.63, 3.8) is 0 Å². The van der Waals surface area contributed by atoms with Crippen LogP contribution in [0.2, 0.25) is 5.02 Å². The lowest BCUT2D eigenvalue weighted by atomic mass is 10.2. The molecule has 0 saturated heterocycles. The number of hydrogen-bond donors (Lipinski definition) is 2. The molecule has 148 valence electrons. The van der Waals surface area contributed by atoms with Crippen molar-refractivity contribution in [1.82, 2.24) is 5.32 Å². The lowest BCUT2D eigenvalue weighted by Crippen LogP contribution is -2.20. The van der Waals surface area contributed by atoms with Crippen LogP contribution >= 0.6 is 27.5 Å². The second-order valence-electron chi connectivity index (χ2n) is 5.63. The second kappa shape index (κ2) is 11.5. The Morgan fingerprint density at radius 2 is 1.96 bits per heavy atom. The lowest BCUT2D eigenvalue weighted by molar-refractivity contribution is 0.0938. The van der Waals surface area contributed by atoms with E-state index in [0.717, 1.165) is 10.0 Å². The Hall–Kier alpha value is -1.38. The molecule has 2 aromatic rings. The van der Waals surface area contributed by atoms with Gasteiger partial charge in [0, 0.05) is 23.1 Å². The number of methoxy groups -OCH3 is 1. The smallest absolute Gasteiger partial charge is 0.162 e. The largest absolute Gasteiger partial charge is 0.493 e. The molecule has 0 unspecified atom stereocenters. The zero-order chi connectivity index (χ0) is 19.6. The first-order valence-electron chi connectivity index (χ1n) is 8.37. The predicted molar refractivity (Wildman–Crippen MR) is 106 cm³/mol. The lowest BCUT2D eigenvalue weighted by Gasteiger charge is -2.15. The Kier molecular flexibility index (Phi) is 9.30. The molecule has 0 heterocycles. The minimum absolute atomic E-state index is 0.0212. The fourth-order valence-electron chi connectivity index (χ4n) is 2.31. The minimum Gasteiger partial charge on any atom is -0.493 e. The molecule has 0 saturated carbocycles. The van der Waals surface area contributed by atoms with Crippen molar-refractivity contribution in [2.24, 2.45) is 0 Å². The summed E-state index contributed by atoms with van der Waals surface area (Å²) in [6, 6.07) is 7.91. The van der Waals surface area contributed by atoms with Crippen molar-refractivity contribution in [2.75, 3.05) is 33.5 Å². The van der Waals surface area contributed by atoms with Gasteiger partial charge in [-0.05, 0) is 29.8 Å². The molecule has 2 rings (SSSR count). The summed E-state index contributed by atoms with van der Waals surface area (Å²) < 4.78 is 30.4. The van der Waals surface area contributed by atoms with Gasteiger partial charge >= 0.3 is 0 Å². The maximum atomic E-state index is 13.1. The van der Waals surface area contributed by atoms with Crippen LogP contribution < -0.4 is 14.8 Å². The molecule has 27 heavy (non-hydrogen) atoms. The van der Waals surface area contributed by atoms with Gasteiger partial charge in [0.25, 0.3) is 0 Å². The van der Waals surface area contributed by atoms with E-state index in [-0.39, 0.29) is 19.0 Å². The number of aliphatic hydroxyl groups excluding tert-OH is 1. The zero-order valence-corrected chi connectivity index (χ0v) is 17.3. The highest BCUT2D eigenvalue weighted by atomic mass is 79.9. The standard InChI is InChI=1S/C19H22BrClFNO4/c1-25-18-8-14(11-23-4-6-26-7-5-24)16(20)10-19(18)27-12-13-2-3-15(22)9-17(13)21/h2-3,8-10,23-24H,4-7,11-12H2,1H3.